The first-order valence-electron chi connectivity index (χ1n) is 2.66. The Balaban J connectivity index is 0.000000810. The molecule has 1 aliphatic rings. The zero-order valence-electron chi connectivity index (χ0n) is 5.70. The van der Waals surface area contributed by atoms with Gasteiger partial charge in [0.05, 0.1) is 0 Å². The van der Waals surface area contributed by atoms with Crippen LogP contribution in [0.5, 0.6) is 0 Å². The van der Waals surface area contributed by atoms with E-state index in [0.29, 0.717) is 6.42 Å². The van der Waals surface area contributed by atoms with Gasteiger partial charge < -0.3 is 10.2 Å². The zero-order valence-corrected chi connectivity index (χ0v) is 12.0. The number of carboxylic acids is 1. The molecular formula is C5H6CsNO3. The van der Waals surface area contributed by atoms with Crippen LogP contribution in [0, 0.1) is 0 Å². The summed E-state index contributed by atoms with van der Waals surface area (Å²) in [5.74, 6) is -1.29. The zero-order chi connectivity index (χ0) is 6.85. The topological polar surface area (TPSA) is 72.7 Å². The standard InChI is InChI=1S/C5H7NO3.Cs/c7-4-2-1-3(6-4)5(8)9;/h3H,1-2H2,(H,6,7)(H,8,9);/q;+1/p-1/t3-;/m0./s1. The third-order valence-corrected chi connectivity index (χ3v) is 1.22. The van der Waals surface area contributed by atoms with Crippen LogP contribution in [0.2, 0.25) is 0 Å². The summed E-state index contributed by atoms with van der Waals surface area (Å²) >= 11 is 0. The maximum Gasteiger partial charge on any atom is 1.00 e. The second kappa shape index (κ2) is 4.79. The second-order valence-electron chi connectivity index (χ2n) is 1.92. The van der Waals surface area contributed by atoms with E-state index in [0.717, 1.165) is 0 Å². The van der Waals surface area contributed by atoms with Crippen LogP contribution >= 0.6 is 0 Å². The predicted molar refractivity (Wildman–Crippen MR) is 28.1 cm³/mol. The van der Waals surface area contributed by atoms with Gasteiger partial charge in [-0.2, -0.15) is 0 Å². The number of nitrogens with zero attached hydrogens (tertiary/aromatic N) is 1. The van der Waals surface area contributed by atoms with Crippen molar-refractivity contribution in [3.8, 4) is 0 Å². The van der Waals surface area contributed by atoms with Crippen molar-refractivity contribution in [3.05, 3.63) is 0 Å². The van der Waals surface area contributed by atoms with E-state index in [1.807, 2.05) is 0 Å². The molecule has 0 aromatic rings. The van der Waals surface area contributed by atoms with Gasteiger partial charge in [0.2, 0.25) is 0 Å². The minimum absolute atomic E-state index is 0. The molecule has 50 valence electrons. The smallest absolute Gasteiger partial charge is 0.862 e. The molecule has 0 saturated carbocycles. The van der Waals surface area contributed by atoms with Crippen molar-refractivity contribution >= 4 is 11.9 Å². The maximum absolute atomic E-state index is 10.3. The molecule has 0 amide bonds. The van der Waals surface area contributed by atoms with Gasteiger partial charge >= 0.3 is 74.9 Å². The number of hydrogen-bond acceptors (Lipinski definition) is 3. The van der Waals surface area contributed by atoms with Crippen molar-refractivity contribution in [2.45, 2.75) is 18.9 Å². The third kappa shape index (κ3) is 2.93. The molecule has 10 heavy (non-hydrogen) atoms. The molecule has 1 rings (SSSR count). The number of carboxylic acid groups (broad SMARTS) is 1. The van der Waals surface area contributed by atoms with E-state index >= 15 is 0 Å². The summed E-state index contributed by atoms with van der Waals surface area (Å²) in [7, 11) is 0. The van der Waals surface area contributed by atoms with Crippen molar-refractivity contribution in [1.82, 2.24) is 0 Å². The van der Waals surface area contributed by atoms with Crippen molar-refractivity contribution in [2.75, 3.05) is 0 Å². The van der Waals surface area contributed by atoms with E-state index in [1.165, 1.54) is 0 Å². The molecule has 1 atom stereocenters. The number of rotatable bonds is 1. The molecule has 5 heteroatoms. The Morgan fingerprint density at radius 2 is 2.40 bits per heavy atom. The fraction of sp³-hybridized carbons (Fsp3) is 0.600. The first-order valence-corrected chi connectivity index (χ1v) is 2.66. The molecule has 1 aliphatic heterocycles. The summed E-state index contributed by atoms with van der Waals surface area (Å²) in [5, 5.41) is 18.6. The average molecular weight is 261 g/mol. The van der Waals surface area contributed by atoms with E-state index in [1.54, 1.807) is 0 Å². The molecular weight excluding hydrogens is 255 g/mol. The molecule has 0 aliphatic carbocycles. The normalized spacial score (nSPS) is 23.2. The van der Waals surface area contributed by atoms with Gasteiger partial charge in [0.25, 0.3) is 0 Å². The summed E-state index contributed by atoms with van der Waals surface area (Å²) in [4.78, 5) is 13.5. The van der Waals surface area contributed by atoms with Crippen molar-refractivity contribution < 1.29 is 83.9 Å². The van der Waals surface area contributed by atoms with Gasteiger partial charge in [0.1, 0.15) is 6.04 Å². The quantitative estimate of drug-likeness (QED) is 0.523. The first-order chi connectivity index (χ1) is 4.20. The van der Waals surface area contributed by atoms with Crippen molar-refractivity contribution in [1.29, 1.82) is 0 Å². The largest absolute Gasteiger partial charge is 1.00 e. The van der Waals surface area contributed by atoms with Crippen LogP contribution in [-0.4, -0.2) is 23.0 Å². The van der Waals surface area contributed by atoms with Gasteiger partial charge in [0.15, 0.2) is 0 Å². The fourth-order valence-corrected chi connectivity index (χ4v) is 0.742. The maximum atomic E-state index is 10.3. The fourth-order valence-electron chi connectivity index (χ4n) is 0.742. The number of aliphatic imine (C=N–C) groups is 1. The number of aliphatic carboxylic acids is 1. The molecule has 1 heterocycles. The Labute approximate surface area is 117 Å². The summed E-state index contributed by atoms with van der Waals surface area (Å²) in [5.41, 5.74) is 0. The summed E-state index contributed by atoms with van der Waals surface area (Å²) in [6.07, 6.45) is 0.658. The summed E-state index contributed by atoms with van der Waals surface area (Å²) in [6.45, 7) is 0. The van der Waals surface area contributed by atoms with Crippen LogP contribution in [0.4, 0.5) is 0 Å². The van der Waals surface area contributed by atoms with Gasteiger partial charge in [-0.25, -0.2) is 4.79 Å². The van der Waals surface area contributed by atoms with Gasteiger partial charge in [-0.15, -0.1) is 0 Å². The van der Waals surface area contributed by atoms with Gasteiger partial charge in [-0.05, 0) is 18.7 Å². The summed E-state index contributed by atoms with van der Waals surface area (Å²) < 4.78 is 0. The third-order valence-electron chi connectivity index (χ3n) is 1.22. The van der Waals surface area contributed by atoms with E-state index in [9.17, 15) is 9.90 Å². The van der Waals surface area contributed by atoms with E-state index in [2.05, 4.69) is 4.99 Å². The van der Waals surface area contributed by atoms with Gasteiger partial charge in [0, 0.05) is 0 Å². The van der Waals surface area contributed by atoms with Crippen LogP contribution in [0.15, 0.2) is 4.99 Å². The Kier molecular flexibility index (Phi) is 5.26. The van der Waals surface area contributed by atoms with Crippen molar-refractivity contribution in [2.24, 2.45) is 4.99 Å². The van der Waals surface area contributed by atoms with Crippen LogP contribution < -0.4 is 74.0 Å². The Morgan fingerprint density at radius 3 is 2.60 bits per heavy atom. The first kappa shape index (κ1) is 11.0. The Morgan fingerprint density at radius 1 is 1.80 bits per heavy atom. The number of carbonyl (C=O) groups is 1. The molecule has 0 aromatic heterocycles. The monoisotopic (exact) mass is 261 g/mol. The average Bonchev–Trinajstić information content (AvgIpc) is 2.14. The molecule has 0 spiro atoms. The molecule has 0 unspecified atom stereocenters. The van der Waals surface area contributed by atoms with Gasteiger partial charge in [-0.1, -0.05) is 0 Å². The van der Waals surface area contributed by atoms with E-state index in [4.69, 9.17) is 5.11 Å². The SMILES string of the molecule is O=C(O)[C@@H]1CCC([O-])=N1.[Cs+]. The minimum atomic E-state index is -0.999. The molecule has 1 N–H and O–H groups in total. The van der Waals surface area contributed by atoms with Gasteiger partial charge in [-0.3, -0.25) is 4.99 Å². The molecule has 0 fully saturated rings. The van der Waals surface area contributed by atoms with E-state index in [-0.39, 0.29) is 81.2 Å². The Bertz CT molecular complexity index is 168. The molecule has 0 aromatic carbocycles. The van der Waals surface area contributed by atoms with Crippen LogP contribution in [0.3, 0.4) is 0 Å². The van der Waals surface area contributed by atoms with Crippen molar-refractivity contribution in [3.63, 3.8) is 0 Å². The van der Waals surface area contributed by atoms with Crippen LogP contribution in [0.1, 0.15) is 12.8 Å². The summed E-state index contributed by atoms with van der Waals surface area (Å²) in [6, 6.07) is -0.766. The predicted octanol–water partition coefficient (Wildman–Crippen LogP) is -4.00. The molecule has 4 nitrogen and oxygen atoms in total. The van der Waals surface area contributed by atoms with Crippen LogP contribution in [-0.2, 0) is 4.79 Å². The van der Waals surface area contributed by atoms with E-state index < -0.39 is 12.0 Å². The van der Waals surface area contributed by atoms with Crippen LogP contribution in [0.25, 0.3) is 0 Å². The molecule has 0 bridgehead atoms. The second-order valence-corrected chi connectivity index (χ2v) is 1.92. The minimum Gasteiger partial charge on any atom is -0.862 e. The molecule has 0 saturated heterocycles. The molecule has 0 radical (unpaired) electrons. The Hall–Kier alpha value is 0.992. The number of hydrogen-bond donors (Lipinski definition) is 1.